The molecule has 0 spiro atoms. The van der Waals surface area contributed by atoms with Crippen LogP contribution in [0.15, 0.2) is 85.1 Å². The zero-order valence-electron chi connectivity index (χ0n) is 21.9. The number of fused-ring (bicyclic) bond motifs is 3. The maximum Gasteiger partial charge on any atom is 0.407 e. The van der Waals surface area contributed by atoms with Crippen LogP contribution in [0.2, 0.25) is 0 Å². The number of carbonyl (C=O) groups excluding carboxylic acids is 2. The average molecular weight is 539 g/mol. The minimum Gasteiger partial charge on any atom is -0.480 e. The second-order valence-electron chi connectivity index (χ2n) is 9.77. The van der Waals surface area contributed by atoms with E-state index < -0.39 is 18.1 Å². The molecule has 0 bridgehead atoms. The van der Waals surface area contributed by atoms with Crippen LogP contribution in [0, 0.1) is 0 Å². The predicted octanol–water partition coefficient (Wildman–Crippen LogP) is 5.39. The molecule has 9 nitrogen and oxygen atoms in total. The molecule has 0 fully saturated rings. The van der Waals surface area contributed by atoms with Crippen molar-refractivity contribution < 1.29 is 24.2 Å². The van der Waals surface area contributed by atoms with Crippen LogP contribution >= 0.6 is 0 Å². The Labute approximate surface area is 231 Å². The zero-order chi connectivity index (χ0) is 27.9. The zero-order valence-corrected chi connectivity index (χ0v) is 21.9. The number of hydrogen-bond acceptors (Lipinski definition) is 6. The van der Waals surface area contributed by atoms with E-state index in [0.29, 0.717) is 25.0 Å². The van der Waals surface area contributed by atoms with Crippen molar-refractivity contribution in [1.29, 1.82) is 0 Å². The number of nitrogens with one attached hydrogen (secondary N) is 1. The molecule has 0 saturated heterocycles. The highest BCUT2D eigenvalue weighted by molar-refractivity contribution is 5.93. The summed E-state index contributed by atoms with van der Waals surface area (Å²) in [7, 11) is 0. The second kappa shape index (κ2) is 12.4. The molecule has 3 aromatic carbocycles. The lowest BCUT2D eigenvalue weighted by molar-refractivity contribution is -0.139. The van der Waals surface area contributed by atoms with Gasteiger partial charge < -0.3 is 15.2 Å². The van der Waals surface area contributed by atoms with Gasteiger partial charge in [-0.2, -0.15) is 0 Å². The van der Waals surface area contributed by atoms with E-state index in [-0.39, 0.29) is 31.1 Å². The summed E-state index contributed by atoms with van der Waals surface area (Å²) in [6.07, 6.45) is 3.11. The molecule has 2 N–H and O–H groups in total. The number of Topliss-reactive ketones (excluding diaryl/α,β-unsaturated/α-hetero) is 1. The minimum absolute atomic E-state index is 0.103. The molecule has 0 unspecified atom stereocenters. The summed E-state index contributed by atoms with van der Waals surface area (Å²) in [5.41, 5.74) is 5.53. The smallest absolute Gasteiger partial charge is 0.407 e. The number of aromatic nitrogens is 3. The summed E-state index contributed by atoms with van der Waals surface area (Å²) in [6.45, 7) is 0.114. The van der Waals surface area contributed by atoms with Crippen molar-refractivity contribution in [2.75, 3.05) is 6.61 Å². The number of carboxylic acids is 1. The largest absolute Gasteiger partial charge is 0.480 e. The molecule has 0 saturated carbocycles. The number of aliphatic carboxylic acids is 1. The normalized spacial score (nSPS) is 12.8. The molecule has 0 radical (unpaired) electrons. The summed E-state index contributed by atoms with van der Waals surface area (Å²) < 4.78 is 7.04. The number of rotatable bonds is 12. The van der Waals surface area contributed by atoms with Gasteiger partial charge in [-0.1, -0.05) is 84.8 Å². The third-order valence-corrected chi connectivity index (χ3v) is 7.13. The molecule has 5 rings (SSSR count). The maximum absolute atomic E-state index is 12.5. The van der Waals surface area contributed by atoms with Crippen LogP contribution in [-0.2, 0) is 9.53 Å². The van der Waals surface area contributed by atoms with Crippen LogP contribution in [-0.4, -0.2) is 50.6 Å². The number of para-hydroxylation sites is 1. The first kappa shape index (κ1) is 26.8. The number of hydrogen-bond donors (Lipinski definition) is 2. The van der Waals surface area contributed by atoms with Crippen molar-refractivity contribution in [2.45, 2.75) is 44.1 Å². The fraction of sp³-hybridized carbons (Fsp3) is 0.258. The third kappa shape index (κ3) is 6.09. The first-order chi connectivity index (χ1) is 19.5. The molecule has 9 heteroatoms. The SMILES string of the molecule is O=C(N[C@@H](CCCCCC(=O)c1cn(-c2ccccc2)nn1)C(=O)O)OCC1c2ccccc2-c2ccccc21. The summed E-state index contributed by atoms with van der Waals surface area (Å²) >= 11 is 0. The summed E-state index contributed by atoms with van der Waals surface area (Å²) in [4.78, 5) is 36.8. The Morgan fingerprint density at radius 2 is 1.52 bits per heavy atom. The maximum atomic E-state index is 12.5. The lowest BCUT2D eigenvalue weighted by Gasteiger charge is -2.17. The first-order valence-corrected chi connectivity index (χ1v) is 13.4. The van der Waals surface area contributed by atoms with Gasteiger partial charge in [0.25, 0.3) is 0 Å². The van der Waals surface area contributed by atoms with Gasteiger partial charge in [-0.05, 0) is 47.2 Å². The average Bonchev–Trinajstić information content (AvgIpc) is 3.59. The Morgan fingerprint density at radius 3 is 2.20 bits per heavy atom. The summed E-state index contributed by atoms with van der Waals surface area (Å²) in [5, 5.41) is 20.1. The molecule has 0 aliphatic heterocycles. The topological polar surface area (TPSA) is 123 Å². The minimum atomic E-state index is -1.12. The van der Waals surface area contributed by atoms with Crippen molar-refractivity contribution >= 4 is 17.8 Å². The van der Waals surface area contributed by atoms with Crippen molar-refractivity contribution in [3.05, 3.63) is 102 Å². The number of ketones is 1. The standard InChI is InChI=1S/C31H30N4O5/c36-29(28-19-35(34-33-28)21-11-3-1-4-12-21)18-6-2-5-17-27(30(37)38)32-31(39)40-20-26-24-15-9-7-13-22(24)23-14-8-10-16-25(23)26/h1,3-4,7-16,19,26-27H,2,5-6,17-18,20H2,(H,32,39)(H,37,38)/t27-/m0/s1. The first-order valence-electron chi connectivity index (χ1n) is 13.4. The van der Waals surface area contributed by atoms with Crippen LogP contribution in [0.4, 0.5) is 4.79 Å². The molecule has 1 heterocycles. The Kier molecular flexibility index (Phi) is 8.29. The Morgan fingerprint density at radius 1 is 0.875 bits per heavy atom. The van der Waals surface area contributed by atoms with E-state index in [9.17, 15) is 19.5 Å². The van der Waals surface area contributed by atoms with E-state index in [1.807, 2.05) is 66.7 Å². The number of amides is 1. The molecular formula is C31H30N4O5. The highest BCUT2D eigenvalue weighted by Gasteiger charge is 2.29. The van der Waals surface area contributed by atoms with Gasteiger partial charge in [0.2, 0.25) is 0 Å². The van der Waals surface area contributed by atoms with E-state index in [2.05, 4.69) is 27.8 Å². The molecule has 40 heavy (non-hydrogen) atoms. The fourth-order valence-corrected chi connectivity index (χ4v) is 5.08. The molecule has 1 amide bonds. The molecule has 1 aromatic heterocycles. The molecule has 4 aromatic rings. The van der Waals surface area contributed by atoms with E-state index in [1.165, 1.54) is 0 Å². The molecule has 1 aliphatic carbocycles. The van der Waals surface area contributed by atoms with E-state index in [4.69, 9.17) is 4.74 Å². The monoisotopic (exact) mass is 538 g/mol. The van der Waals surface area contributed by atoms with Gasteiger partial charge in [0.05, 0.1) is 11.9 Å². The number of ether oxygens (including phenoxy) is 1. The van der Waals surface area contributed by atoms with Gasteiger partial charge >= 0.3 is 12.1 Å². The van der Waals surface area contributed by atoms with Crippen molar-refractivity contribution in [2.24, 2.45) is 0 Å². The summed E-state index contributed by atoms with van der Waals surface area (Å²) in [6, 6.07) is 24.4. The van der Waals surface area contributed by atoms with Gasteiger partial charge in [0, 0.05) is 12.3 Å². The second-order valence-corrected chi connectivity index (χ2v) is 9.77. The van der Waals surface area contributed by atoms with E-state index in [1.54, 1.807) is 10.9 Å². The molecule has 204 valence electrons. The number of alkyl carbamates (subject to hydrolysis) is 1. The van der Waals surface area contributed by atoms with Crippen LogP contribution in [0.25, 0.3) is 16.8 Å². The molecule has 1 aliphatic rings. The Hall–Kier alpha value is -4.79. The van der Waals surface area contributed by atoms with Gasteiger partial charge in [-0.15, -0.1) is 5.10 Å². The van der Waals surface area contributed by atoms with Crippen LogP contribution in [0.1, 0.15) is 59.6 Å². The van der Waals surface area contributed by atoms with Crippen molar-refractivity contribution in [1.82, 2.24) is 20.3 Å². The quantitative estimate of drug-likeness (QED) is 0.183. The van der Waals surface area contributed by atoms with Crippen LogP contribution in [0.3, 0.4) is 0 Å². The molecular weight excluding hydrogens is 508 g/mol. The van der Waals surface area contributed by atoms with E-state index >= 15 is 0 Å². The highest BCUT2D eigenvalue weighted by atomic mass is 16.5. The van der Waals surface area contributed by atoms with Gasteiger partial charge in [-0.3, -0.25) is 4.79 Å². The Bertz CT molecular complexity index is 1450. The highest BCUT2D eigenvalue weighted by Crippen LogP contribution is 2.44. The van der Waals surface area contributed by atoms with Gasteiger partial charge in [-0.25, -0.2) is 14.3 Å². The fourth-order valence-electron chi connectivity index (χ4n) is 5.08. The van der Waals surface area contributed by atoms with Crippen molar-refractivity contribution in [3.63, 3.8) is 0 Å². The van der Waals surface area contributed by atoms with Crippen LogP contribution in [0.5, 0.6) is 0 Å². The lowest BCUT2D eigenvalue weighted by atomic mass is 9.98. The van der Waals surface area contributed by atoms with Gasteiger partial charge in [0.1, 0.15) is 18.3 Å². The third-order valence-electron chi connectivity index (χ3n) is 7.13. The number of unbranched alkanes of at least 4 members (excludes halogenated alkanes) is 2. The van der Waals surface area contributed by atoms with Crippen LogP contribution < -0.4 is 5.32 Å². The number of carbonyl (C=O) groups is 3. The number of nitrogens with zero attached hydrogens (tertiary/aromatic N) is 3. The summed E-state index contributed by atoms with van der Waals surface area (Å²) in [5.74, 6) is -1.34. The van der Waals surface area contributed by atoms with E-state index in [0.717, 1.165) is 27.9 Å². The van der Waals surface area contributed by atoms with Gasteiger partial charge in [0.15, 0.2) is 5.78 Å². The number of benzene rings is 3. The lowest BCUT2D eigenvalue weighted by Crippen LogP contribution is -2.41. The predicted molar refractivity (Wildman–Crippen MR) is 148 cm³/mol. The van der Waals surface area contributed by atoms with Crippen molar-refractivity contribution in [3.8, 4) is 16.8 Å². The Balaban J connectivity index is 1.06. The number of carboxylic acid groups (broad SMARTS) is 1. The molecule has 1 atom stereocenters.